The molecule has 1 aromatic rings. The molecule has 1 rings (SSSR count). The zero-order valence-corrected chi connectivity index (χ0v) is 7.79. The van der Waals surface area contributed by atoms with E-state index in [2.05, 4.69) is 6.58 Å². The third-order valence-electron chi connectivity index (χ3n) is 1.83. The quantitative estimate of drug-likeness (QED) is 0.766. The lowest BCUT2D eigenvalue weighted by atomic mass is 10.1. The summed E-state index contributed by atoms with van der Waals surface area (Å²) in [6, 6.07) is 5.60. The van der Waals surface area contributed by atoms with Crippen LogP contribution >= 0.6 is 0 Å². The highest BCUT2D eigenvalue weighted by Gasteiger charge is 2.04. The van der Waals surface area contributed by atoms with Crippen LogP contribution in [0.1, 0.15) is 18.1 Å². The summed E-state index contributed by atoms with van der Waals surface area (Å²) in [5.74, 6) is 0.782. The maximum absolute atomic E-state index is 9.04. The Labute approximate surface area is 78.5 Å². The lowest BCUT2D eigenvalue weighted by Crippen LogP contribution is -1.97. The predicted molar refractivity (Wildman–Crippen MR) is 53.6 cm³/mol. The lowest BCUT2D eigenvalue weighted by molar-refractivity contribution is 0.279. The third kappa shape index (κ3) is 2.10. The van der Waals surface area contributed by atoms with E-state index in [-0.39, 0.29) is 6.61 Å². The van der Waals surface area contributed by atoms with Gasteiger partial charge in [0.15, 0.2) is 0 Å². The van der Waals surface area contributed by atoms with Gasteiger partial charge in [0, 0.05) is 5.56 Å². The lowest BCUT2D eigenvalue weighted by Gasteiger charge is -2.09. The number of benzene rings is 1. The van der Waals surface area contributed by atoms with Crippen molar-refractivity contribution in [3.8, 4) is 5.75 Å². The largest absolute Gasteiger partial charge is 0.493 e. The van der Waals surface area contributed by atoms with Gasteiger partial charge in [0.05, 0.1) is 13.2 Å². The maximum Gasteiger partial charge on any atom is 0.126 e. The summed E-state index contributed by atoms with van der Waals surface area (Å²) in [5.41, 5.74) is 1.73. The van der Waals surface area contributed by atoms with Gasteiger partial charge in [-0.2, -0.15) is 0 Å². The molecular weight excluding hydrogens is 164 g/mol. The normalized spacial score (nSPS) is 9.69. The number of aliphatic hydroxyl groups excluding tert-OH is 1. The van der Waals surface area contributed by atoms with E-state index in [4.69, 9.17) is 9.84 Å². The molecule has 0 radical (unpaired) electrons. The molecule has 0 spiro atoms. The number of hydrogen-bond acceptors (Lipinski definition) is 2. The Morgan fingerprint density at radius 1 is 1.54 bits per heavy atom. The van der Waals surface area contributed by atoms with Crippen LogP contribution in [-0.2, 0) is 6.61 Å². The van der Waals surface area contributed by atoms with E-state index < -0.39 is 0 Å². The monoisotopic (exact) mass is 178 g/mol. The van der Waals surface area contributed by atoms with Gasteiger partial charge in [-0.05, 0) is 18.6 Å². The van der Waals surface area contributed by atoms with Gasteiger partial charge in [-0.3, -0.25) is 0 Å². The molecule has 0 aliphatic carbocycles. The van der Waals surface area contributed by atoms with Crippen LogP contribution in [0.15, 0.2) is 24.8 Å². The Morgan fingerprint density at radius 3 is 2.85 bits per heavy atom. The topological polar surface area (TPSA) is 29.5 Å². The second-order valence-electron chi connectivity index (χ2n) is 2.62. The third-order valence-corrected chi connectivity index (χ3v) is 1.83. The van der Waals surface area contributed by atoms with Crippen LogP contribution in [0.5, 0.6) is 5.75 Å². The van der Waals surface area contributed by atoms with Gasteiger partial charge in [-0.15, -0.1) is 0 Å². The van der Waals surface area contributed by atoms with Gasteiger partial charge >= 0.3 is 0 Å². The summed E-state index contributed by atoms with van der Waals surface area (Å²) in [7, 11) is 0. The molecule has 2 heteroatoms. The second kappa shape index (κ2) is 4.67. The van der Waals surface area contributed by atoms with E-state index in [9.17, 15) is 0 Å². The van der Waals surface area contributed by atoms with Crippen LogP contribution in [0, 0.1) is 0 Å². The molecule has 2 nitrogen and oxygen atoms in total. The van der Waals surface area contributed by atoms with Crippen molar-refractivity contribution in [2.24, 2.45) is 0 Å². The average Bonchev–Trinajstić information content (AvgIpc) is 2.18. The fourth-order valence-electron chi connectivity index (χ4n) is 1.24. The van der Waals surface area contributed by atoms with E-state index in [1.807, 2.05) is 25.1 Å². The van der Waals surface area contributed by atoms with Gasteiger partial charge in [-0.25, -0.2) is 0 Å². The molecule has 1 N–H and O–H groups in total. The van der Waals surface area contributed by atoms with E-state index in [1.165, 1.54) is 0 Å². The van der Waals surface area contributed by atoms with Gasteiger partial charge in [0.25, 0.3) is 0 Å². The molecule has 0 aliphatic heterocycles. The highest BCUT2D eigenvalue weighted by molar-refractivity contribution is 5.59. The number of ether oxygens (including phenoxy) is 1. The molecule has 1 aromatic carbocycles. The summed E-state index contributed by atoms with van der Waals surface area (Å²) in [4.78, 5) is 0. The number of hydrogen-bond donors (Lipinski definition) is 1. The molecule has 0 saturated carbocycles. The Morgan fingerprint density at radius 2 is 2.31 bits per heavy atom. The Hall–Kier alpha value is -1.28. The predicted octanol–water partition coefficient (Wildman–Crippen LogP) is 2.22. The van der Waals surface area contributed by atoms with E-state index in [0.717, 1.165) is 16.9 Å². The molecule has 0 saturated heterocycles. The summed E-state index contributed by atoms with van der Waals surface area (Å²) in [6.45, 7) is 6.26. The molecule has 70 valence electrons. The standard InChI is InChI=1S/C11H14O2/c1-3-10-9(8-12)6-5-7-11(10)13-4-2/h3,5-7,12H,1,4,8H2,2H3. The fraction of sp³-hybridized carbons (Fsp3) is 0.273. The van der Waals surface area contributed by atoms with Crippen LogP contribution in [0.25, 0.3) is 6.08 Å². The van der Waals surface area contributed by atoms with Crippen molar-refractivity contribution in [3.05, 3.63) is 35.9 Å². The van der Waals surface area contributed by atoms with Crippen LogP contribution in [0.2, 0.25) is 0 Å². The highest BCUT2D eigenvalue weighted by Crippen LogP contribution is 2.23. The van der Waals surface area contributed by atoms with Crippen molar-refractivity contribution in [2.45, 2.75) is 13.5 Å². The first-order chi connectivity index (χ1) is 6.33. The van der Waals surface area contributed by atoms with Crippen LogP contribution in [0.3, 0.4) is 0 Å². The highest BCUT2D eigenvalue weighted by atomic mass is 16.5. The van der Waals surface area contributed by atoms with Crippen molar-refractivity contribution >= 4 is 6.08 Å². The average molecular weight is 178 g/mol. The van der Waals surface area contributed by atoms with Crippen molar-refractivity contribution < 1.29 is 9.84 Å². The van der Waals surface area contributed by atoms with Gasteiger partial charge in [0.1, 0.15) is 5.75 Å². The first kappa shape index (κ1) is 9.81. The van der Waals surface area contributed by atoms with Gasteiger partial charge in [0.2, 0.25) is 0 Å². The maximum atomic E-state index is 9.04. The van der Waals surface area contributed by atoms with E-state index in [1.54, 1.807) is 6.08 Å². The SMILES string of the molecule is C=Cc1c(CO)cccc1OCC. The van der Waals surface area contributed by atoms with Crippen molar-refractivity contribution in [1.29, 1.82) is 0 Å². The van der Waals surface area contributed by atoms with Gasteiger partial charge in [-0.1, -0.05) is 24.8 Å². The van der Waals surface area contributed by atoms with Crippen molar-refractivity contribution in [2.75, 3.05) is 6.61 Å². The minimum absolute atomic E-state index is 0.0161. The molecule has 13 heavy (non-hydrogen) atoms. The zero-order chi connectivity index (χ0) is 9.68. The number of aliphatic hydroxyl groups is 1. The van der Waals surface area contributed by atoms with Gasteiger partial charge < -0.3 is 9.84 Å². The molecule has 0 bridgehead atoms. The molecule has 0 amide bonds. The van der Waals surface area contributed by atoms with E-state index >= 15 is 0 Å². The first-order valence-electron chi connectivity index (χ1n) is 4.31. The van der Waals surface area contributed by atoms with Crippen molar-refractivity contribution in [1.82, 2.24) is 0 Å². The zero-order valence-electron chi connectivity index (χ0n) is 7.79. The summed E-state index contributed by atoms with van der Waals surface area (Å²) in [6.07, 6.45) is 1.70. The number of rotatable bonds is 4. The second-order valence-corrected chi connectivity index (χ2v) is 2.62. The molecule has 0 atom stereocenters. The first-order valence-corrected chi connectivity index (χ1v) is 4.31. The molecule has 0 fully saturated rings. The summed E-state index contributed by atoms with van der Waals surface area (Å²) in [5, 5.41) is 9.04. The Bertz CT molecular complexity index is 292. The molecule has 0 heterocycles. The smallest absolute Gasteiger partial charge is 0.126 e. The molecule has 0 aromatic heterocycles. The van der Waals surface area contributed by atoms with Crippen LogP contribution in [-0.4, -0.2) is 11.7 Å². The summed E-state index contributed by atoms with van der Waals surface area (Å²) < 4.78 is 5.39. The fourth-order valence-corrected chi connectivity index (χ4v) is 1.24. The summed E-state index contributed by atoms with van der Waals surface area (Å²) >= 11 is 0. The Kier molecular flexibility index (Phi) is 3.53. The minimum Gasteiger partial charge on any atom is -0.493 e. The van der Waals surface area contributed by atoms with Crippen LogP contribution < -0.4 is 4.74 Å². The molecule has 0 unspecified atom stereocenters. The Balaban J connectivity index is 3.10. The molecule has 0 aliphatic rings. The van der Waals surface area contributed by atoms with Crippen LogP contribution in [0.4, 0.5) is 0 Å². The minimum atomic E-state index is 0.0161. The van der Waals surface area contributed by atoms with Crippen molar-refractivity contribution in [3.63, 3.8) is 0 Å². The molecular formula is C11H14O2. The van der Waals surface area contributed by atoms with E-state index in [0.29, 0.717) is 6.61 Å².